The summed E-state index contributed by atoms with van der Waals surface area (Å²) in [4.78, 5) is 19.2. The average molecular weight is 359 g/mol. The van der Waals surface area contributed by atoms with Crippen molar-refractivity contribution in [2.75, 3.05) is 13.1 Å². The van der Waals surface area contributed by atoms with Crippen molar-refractivity contribution in [1.29, 1.82) is 0 Å². The molecular formula is C19H29N5O2. The van der Waals surface area contributed by atoms with Gasteiger partial charge in [0.15, 0.2) is 5.82 Å². The summed E-state index contributed by atoms with van der Waals surface area (Å²) in [5.41, 5.74) is 1.72. The van der Waals surface area contributed by atoms with E-state index < -0.39 is 0 Å². The minimum Gasteiger partial charge on any atom is -0.339 e. The Balaban J connectivity index is 1.60. The summed E-state index contributed by atoms with van der Waals surface area (Å²) in [5, 5.41) is 8.45. The van der Waals surface area contributed by atoms with Crippen molar-refractivity contribution in [3.05, 3.63) is 29.2 Å². The molecule has 0 unspecified atom stereocenters. The van der Waals surface area contributed by atoms with Crippen LogP contribution in [-0.2, 0) is 19.4 Å². The minimum atomic E-state index is 0.0986. The summed E-state index contributed by atoms with van der Waals surface area (Å²) in [6, 6.07) is 1.97. The van der Waals surface area contributed by atoms with Crippen molar-refractivity contribution in [2.45, 2.75) is 59.9 Å². The second kappa shape index (κ2) is 8.01. The van der Waals surface area contributed by atoms with Gasteiger partial charge in [0.25, 0.3) is 5.91 Å². The number of piperidine rings is 1. The van der Waals surface area contributed by atoms with Gasteiger partial charge in [0.1, 0.15) is 5.69 Å². The van der Waals surface area contributed by atoms with E-state index in [1.54, 1.807) is 0 Å². The molecular weight excluding hydrogens is 330 g/mol. The molecule has 0 atom stereocenters. The quantitative estimate of drug-likeness (QED) is 0.792. The molecule has 1 saturated heterocycles. The fourth-order valence-corrected chi connectivity index (χ4v) is 3.57. The number of aryl methyl sites for hydroxylation is 2. The van der Waals surface area contributed by atoms with E-state index in [1.807, 2.05) is 29.5 Å². The van der Waals surface area contributed by atoms with Crippen LogP contribution in [0.4, 0.5) is 0 Å². The molecule has 3 heterocycles. The molecule has 1 fully saturated rings. The summed E-state index contributed by atoms with van der Waals surface area (Å²) in [6.45, 7) is 10.5. The normalized spacial score (nSPS) is 15.8. The summed E-state index contributed by atoms with van der Waals surface area (Å²) < 4.78 is 7.06. The molecule has 0 spiro atoms. The first kappa shape index (κ1) is 18.6. The van der Waals surface area contributed by atoms with Crippen molar-refractivity contribution in [3.8, 4) is 0 Å². The molecule has 1 aliphatic heterocycles. The van der Waals surface area contributed by atoms with Crippen LogP contribution in [0.5, 0.6) is 0 Å². The maximum absolute atomic E-state index is 13.0. The summed E-state index contributed by atoms with van der Waals surface area (Å²) in [5.74, 6) is 2.50. The number of hydrogen-bond donors (Lipinski definition) is 0. The van der Waals surface area contributed by atoms with Crippen LogP contribution >= 0.6 is 0 Å². The fourth-order valence-electron chi connectivity index (χ4n) is 3.57. The summed E-state index contributed by atoms with van der Waals surface area (Å²) in [6.07, 6.45) is 3.63. The second-order valence-corrected chi connectivity index (χ2v) is 7.61. The number of aromatic nitrogens is 4. The lowest BCUT2D eigenvalue weighted by molar-refractivity contribution is 0.0675. The van der Waals surface area contributed by atoms with Crippen molar-refractivity contribution in [1.82, 2.24) is 24.8 Å². The van der Waals surface area contributed by atoms with E-state index in [0.29, 0.717) is 35.8 Å². The van der Waals surface area contributed by atoms with Crippen molar-refractivity contribution < 1.29 is 9.32 Å². The van der Waals surface area contributed by atoms with Gasteiger partial charge < -0.3 is 9.42 Å². The molecule has 26 heavy (non-hydrogen) atoms. The highest BCUT2D eigenvalue weighted by Gasteiger charge is 2.27. The predicted octanol–water partition coefficient (Wildman–Crippen LogP) is 2.89. The highest BCUT2D eigenvalue weighted by molar-refractivity contribution is 5.92. The van der Waals surface area contributed by atoms with Gasteiger partial charge in [-0.3, -0.25) is 9.48 Å². The van der Waals surface area contributed by atoms with E-state index in [-0.39, 0.29) is 5.91 Å². The van der Waals surface area contributed by atoms with Crippen LogP contribution in [0.2, 0.25) is 0 Å². The van der Waals surface area contributed by atoms with Crippen molar-refractivity contribution >= 4 is 5.91 Å². The SMILES string of the molecule is CCn1nc(CC(C)C)cc1C(=O)N1CCC(Cc2nc(C)no2)CC1. The molecule has 0 bridgehead atoms. The molecule has 142 valence electrons. The number of amides is 1. The molecule has 0 radical (unpaired) electrons. The van der Waals surface area contributed by atoms with Crippen LogP contribution in [0.1, 0.15) is 61.5 Å². The summed E-state index contributed by atoms with van der Waals surface area (Å²) >= 11 is 0. The number of hydrogen-bond acceptors (Lipinski definition) is 5. The van der Waals surface area contributed by atoms with E-state index >= 15 is 0 Å². The predicted molar refractivity (Wildman–Crippen MR) is 97.8 cm³/mol. The molecule has 0 aromatic carbocycles. The molecule has 0 N–H and O–H groups in total. The Bertz CT molecular complexity index is 741. The molecule has 2 aromatic heterocycles. The van der Waals surface area contributed by atoms with Gasteiger partial charge in [-0.15, -0.1) is 0 Å². The van der Waals surface area contributed by atoms with Gasteiger partial charge in [-0.2, -0.15) is 10.1 Å². The third kappa shape index (κ3) is 4.31. The van der Waals surface area contributed by atoms with Gasteiger partial charge in [-0.25, -0.2) is 0 Å². The van der Waals surface area contributed by atoms with Crippen LogP contribution in [0, 0.1) is 18.8 Å². The number of nitrogens with zero attached hydrogens (tertiary/aromatic N) is 5. The Morgan fingerprint density at radius 3 is 2.65 bits per heavy atom. The van der Waals surface area contributed by atoms with Crippen LogP contribution in [0.15, 0.2) is 10.6 Å². The molecule has 3 rings (SSSR count). The van der Waals surface area contributed by atoms with Gasteiger partial charge >= 0.3 is 0 Å². The standard InChI is InChI=1S/C19H29N5O2/c1-5-24-17(12-16(21-24)10-13(2)3)19(25)23-8-6-15(7-9-23)11-18-20-14(4)22-26-18/h12-13,15H,5-11H2,1-4H3. The first-order valence-corrected chi connectivity index (χ1v) is 9.61. The Kier molecular flexibility index (Phi) is 5.74. The Labute approximate surface area is 154 Å². The smallest absolute Gasteiger partial charge is 0.272 e. The number of carbonyl (C=O) groups is 1. The largest absolute Gasteiger partial charge is 0.339 e. The zero-order valence-electron chi connectivity index (χ0n) is 16.2. The number of carbonyl (C=O) groups excluding carboxylic acids is 1. The monoisotopic (exact) mass is 359 g/mol. The summed E-state index contributed by atoms with van der Waals surface area (Å²) in [7, 11) is 0. The molecule has 1 aliphatic rings. The van der Waals surface area contributed by atoms with Gasteiger partial charge in [0, 0.05) is 26.1 Å². The van der Waals surface area contributed by atoms with E-state index in [0.717, 1.165) is 44.5 Å². The Morgan fingerprint density at radius 2 is 2.08 bits per heavy atom. The van der Waals surface area contributed by atoms with Crippen LogP contribution < -0.4 is 0 Å². The number of likely N-dealkylation sites (tertiary alicyclic amines) is 1. The first-order chi connectivity index (χ1) is 12.5. The Hall–Kier alpha value is -2.18. The van der Waals surface area contributed by atoms with E-state index in [1.165, 1.54) is 0 Å². The maximum Gasteiger partial charge on any atom is 0.272 e. The Morgan fingerprint density at radius 1 is 1.35 bits per heavy atom. The molecule has 0 saturated carbocycles. The van der Waals surface area contributed by atoms with Gasteiger partial charge in [0.05, 0.1) is 5.69 Å². The van der Waals surface area contributed by atoms with Gasteiger partial charge in [-0.1, -0.05) is 19.0 Å². The van der Waals surface area contributed by atoms with E-state index in [9.17, 15) is 4.79 Å². The lowest BCUT2D eigenvalue weighted by Crippen LogP contribution is -2.39. The van der Waals surface area contributed by atoms with Crippen LogP contribution in [0.25, 0.3) is 0 Å². The first-order valence-electron chi connectivity index (χ1n) is 9.61. The number of rotatable bonds is 6. The maximum atomic E-state index is 13.0. The molecule has 2 aromatic rings. The highest BCUT2D eigenvalue weighted by atomic mass is 16.5. The third-order valence-electron chi connectivity index (χ3n) is 4.90. The van der Waals surface area contributed by atoms with Crippen molar-refractivity contribution in [3.63, 3.8) is 0 Å². The topological polar surface area (TPSA) is 77.1 Å². The average Bonchev–Trinajstić information content (AvgIpc) is 3.20. The fraction of sp³-hybridized carbons (Fsp3) is 0.684. The highest BCUT2D eigenvalue weighted by Crippen LogP contribution is 2.23. The molecule has 1 amide bonds. The van der Waals surface area contributed by atoms with Crippen LogP contribution in [-0.4, -0.2) is 43.8 Å². The van der Waals surface area contributed by atoms with Crippen molar-refractivity contribution in [2.24, 2.45) is 11.8 Å². The zero-order chi connectivity index (χ0) is 18.7. The lowest BCUT2D eigenvalue weighted by atomic mass is 9.93. The second-order valence-electron chi connectivity index (χ2n) is 7.61. The molecule has 0 aliphatic carbocycles. The molecule has 7 heteroatoms. The zero-order valence-corrected chi connectivity index (χ0v) is 16.2. The van der Waals surface area contributed by atoms with Crippen LogP contribution in [0.3, 0.4) is 0 Å². The minimum absolute atomic E-state index is 0.0986. The van der Waals surface area contributed by atoms with E-state index in [2.05, 4.69) is 29.1 Å². The van der Waals surface area contributed by atoms with E-state index in [4.69, 9.17) is 4.52 Å². The lowest BCUT2D eigenvalue weighted by Gasteiger charge is -2.31. The van der Waals surface area contributed by atoms with Gasteiger partial charge in [-0.05, 0) is 51.0 Å². The molecule has 7 nitrogen and oxygen atoms in total. The third-order valence-corrected chi connectivity index (χ3v) is 4.90. The van der Waals surface area contributed by atoms with Gasteiger partial charge in [0.2, 0.25) is 5.89 Å².